The summed E-state index contributed by atoms with van der Waals surface area (Å²) in [5, 5.41) is 3.07. The van der Waals surface area contributed by atoms with Gasteiger partial charge >= 0.3 is 0 Å². The summed E-state index contributed by atoms with van der Waals surface area (Å²) < 4.78 is 0. The number of aryl methyl sites for hydroxylation is 1. The van der Waals surface area contributed by atoms with Gasteiger partial charge in [0.1, 0.15) is 5.82 Å². The second kappa shape index (κ2) is 4.23. The van der Waals surface area contributed by atoms with E-state index in [4.69, 9.17) is 0 Å². The molecule has 4 nitrogen and oxygen atoms in total. The van der Waals surface area contributed by atoms with Crippen LogP contribution >= 0.6 is 0 Å². The zero-order chi connectivity index (χ0) is 10.7. The molecule has 2 aromatic heterocycles. The van der Waals surface area contributed by atoms with Crippen molar-refractivity contribution in [3.63, 3.8) is 0 Å². The summed E-state index contributed by atoms with van der Waals surface area (Å²) in [7, 11) is 1.91. The van der Waals surface area contributed by atoms with Crippen LogP contribution in [0.5, 0.6) is 0 Å². The second-order valence-corrected chi connectivity index (χ2v) is 3.42. The molecule has 0 fully saturated rings. The van der Waals surface area contributed by atoms with Gasteiger partial charge in [-0.3, -0.25) is 4.98 Å². The van der Waals surface area contributed by atoms with Gasteiger partial charge in [-0.1, -0.05) is 0 Å². The predicted octanol–water partition coefficient (Wildman–Crippen LogP) is 1.50. The Hall–Kier alpha value is -1.68. The molecule has 0 radical (unpaired) electrons. The van der Waals surface area contributed by atoms with Gasteiger partial charge in [-0.2, -0.15) is 0 Å². The van der Waals surface area contributed by atoms with Crippen LogP contribution in [-0.2, 0) is 6.54 Å². The summed E-state index contributed by atoms with van der Waals surface area (Å²) in [5.74, 6) is 0.960. The van der Waals surface area contributed by atoms with Gasteiger partial charge in [-0.05, 0) is 26.1 Å². The van der Waals surface area contributed by atoms with Crippen molar-refractivity contribution in [2.45, 2.75) is 13.5 Å². The molecule has 0 saturated carbocycles. The molecule has 0 aromatic carbocycles. The number of aromatic nitrogens is 3. The van der Waals surface area contributed by atoms with E-state index in [-0.39, 0.29) is 0 Å². The van der Waals surface area contributed by atoms with Gasteiger partial charge in [0, 0.05) is 23.7 Å². The number of hydrogen-bond acceptors (Lipinski definition) is 3. The fourth-order valence-corrected chi connectivity index (χ4v) is 1.56. The highest BCUT2D eigenvalue weighted by Gasteiger charge is 2.07. The minimum atomic E-state index is 0.756. The van der Waals surface area contributed by atoms with Crippen LogP contribution in [0.15, 0.2) is 24.5 Å². The Morgan fingerprint density at radius 1 is 1.33 bits per heavy atom. The van der Waals surface area contributed by atoms with Crippen molar-refractivity contribution in [2.24, 2.45) is 0 Å². The van der Waals surface area contributed by atoms with E-state index in [2.05, 4.69) is 20.3 Å². The van der Waals surface area contributed by atoms with Crippen LogP contribution in [0.2, 0.25) is 0 Å². The van der Waals surface area contributed by atoms with E-state index in [0.29, 0.717) is 0 Å². The molecule has 0 unspecified atom stereocenters. The molecule has 2 rings (SSSR count). The average Bonchev–Trinajstić information content (AvgIpc) is 2.61. The Labute approximate surface area is 88.8 Å². The molecule has 78 valence electrons. The van der Waals surface area contributed by atoms with E-state index in [1.54, 1.807) is 12.4 Å². The number of rotatable bonds is 3. The molecule has 0 atom stereocenters. The number of aromatic amines is 1. The van der Waals surface area contributed by atoms with E-state index >= 15 is 0 Å². The number of hydrogen-bond donors (Lipinski definition) is 2. The monoisotopic (exact) mass is 202 g/mol. The Kier molecular flexibility index (Phi) is 2.78. The van der Waals surface area contributed by atoms with Crippen LogP contribution in [0, 0.1) is 6.92 Å². The van der Waals surface area contributed by atoms with Crippen molar-refractivity contribution in [3.8, 4) is 11.3 Å². The van der Waals surface area contributed by atoms with Crippen LogP contribution in [0.3, 0.4) is 0 Å². The quantitative estimate of drug-likeness (QED) is 0.793. The van der Waals surface area contributed by atoms with Crippen molar-refractivity contribution in [1.29, 1.82) is 0 Å². The van der Waals surface area contributed by atoms with Gasteiger partial charge in [0.25, 0.3) is 0 Å². The molecule has 15 heavy (non-hydrogen) atoms. The van der Waals surface area contributed by atoms with Gasteiger partial charge in [-0.25, -0.2) is 4.98 Å². The van der Waals surface area contributed by atoms with Crippen LogP contribution in [0.1, 0.15) is 11.5 Å². The normalized spacial score (nSPS) is 10.5. The molecule has 0 aliphatic carbocycles. The summed E-state index contributed by atoms with van der Waals surface area (Å²) in [6, 6.07) is 3.93. The summed E-state index contributed by atoms with van der Waals surface area (Å²) in [6.07, 6.45) is 3.56. The summed E-state index contributed by atoms with van der Waals surface area (Å²) in [6.45, 7) is 2.79. The third kappa shape index (κ3) is 2.05. The third-order valence-electron chi connectivity index (χ3n) is 2.23. The fraction of sp³-hybridized carbons (Fsp3) is 0.273. The molecule has 4 heteroatoms. The van der Waals surface area contributed by atoms with E-state index in [1.807, 2.05) is 26.1 Å². The highest BCUT2D eigenvalue weighted by molar-refractivity contribution is 5.60. The van der Waals surface area contributed by atoms with E-state index in [9.17, 15) is 0 Å². The largest absolute Gasteiger partial charge is 0.344 e. The molecular formula is C11H14N4. The minimum Gasteiger partial charge on any atom is -0.344 e. The van der Waals surface area contributed by atoms with Gasteiger partial charge in [0.2, 0.25) is 0 Å². The molecule has 0 aliphatic rings. The third-order valence-corrected chi connectivity index (χ3v) is 2.23. The summed E-state index contributed by atoms with van der Waals surface area (Å²) >= 11 is 0. The number of imidazole rings is 1. The van der Waals surface area contributed by atoms with Crippen LogP contribution in [0.25, 0.3) is 11.3 Å². The molecule has 0 aliphatic heterocycles. The van der Waals surface area contributed by atoms with Crippen molar-refractivity contribution < 1.29 is 0 Å². The van der Waals surface area contributed by atoms with Crippen molar-refractivity contribution in [2.75, 3.05) is 7.05 Å². The lowest BCUT2D eigenvalue weighted by Crippen LogP contribution is -2.06. The molecule has 2 heterocycles. The maximum absolute atomic E-state index is 4.52. The SMILES string of the molecule is CNCc1nc(-c2ccncc2)c(C)[nH]1. The predicted molar refractivity (Wildman–Crippen MR) is 59.3 cm³/mol. The first-order valence-corrected chi connectivity index (χ1v) is 4.91. The second-order valence-electron chi connectivity index (χ2n) is 3.42. The number of nitrogens with zero attached hydrogens (tertiary/aromatic N) is 2. The highest BCUT2D eigenvalue weighted by Crippen LogP contribution is 2.19. The van der Waals surface area contributed by atoms with E-state index in [1.165, 1.54) is 0 Å². The van der Waals surface area contributed by atoms with Crippen LogP contribution in [-0.4, -0.2) is 22.0 Å². The van der Waals surface area contributed by atoms with Gasteiger partial charge in [0.05, 0.1) is 12.2 Å². The Morgan fingerprint density at radius 2 is 2.07 bits per heavy atom. The van der Waals surface area contributed by atoms with E-state index in [0.717, 1.165) is 29.3 Å². The van der Waals surface area contributed by atoms with Crippen molar-refractivity contribution >= 4 is 0 Å². The topological polar surface area (TPSA) is 53.6 Å². The Bertz CT molecular complexity index is 433. The smallest absolute Gasteiger partial charge is 0.121 e. The standard InChI is InChI=1S/C11H14N4/c1-8-11(9-3-5-13-6-4-9)15-10(14-8)7-12-2/h3-6,12H,7H2,1-2H3,(H,14,15). The Balaban J connectivity index is 2.36. The summed E-state index contributed by atoms with van der Waals surface area (Å²) in [5.41, 5.74) is 3.19. The summed E-state index contributed by atoms with van der Waals surface area (Å²) in [4.78, 5) is 11.8. The lowest BCUT2D eigenvalue weighted by molar-refractivity contribution is 0.770. The molecule has 2 aromatic rings. The molecule has 0 spiro atoms. The Morgan fingerprint density at radius 3 is 2.73 bits per heavy atom. The number of H-pyrrole nitrogens is 1. The van der Waals surface area contributed by atoms with E-state index < -0.39 is 0 Å². The van der Waals surface area contributed by atoms with Crippen LogP contribution < -0.4 is 5.32 Å². The average molecular weight is 202 g/mol. The molecule has 2 N–H and O–H groups in total. The molecule has 0 saturated heterocycles. The minimum absolute atomic E-state index is 0.756. The van der Waals surface area contributed by atoms with Crippen molar-refractivity contribution in [1.82, 2.24) is 20.3 Å². The maximum Gasteiger partial charge on any atom is 0.121 e. The van der Waals surface area contributed by atoms with Crippen LogP contribution in [0.4, 0.5) is 0 Å². The van der Waals surface area contributed by atoms with Gasteiger partial charge < -0.3 is 10.3 Å². The number of nitrogens with one attached hydrogen (secondary N) is 2. The first-order valence-electron chi connectivity index (χ1n) is 4.91. The molecule has 0 amide bonds. The first-order chi connectivity index (χ1) is 7.31. The highest BCUT2D eigenvalue weighted by atomic mass is 15.0. The molecule has 0 bridgehead atoms. The lowest BCUT2D eigenvalue weighted by Gasteiger charge is -1.96. The zero-order valence-corrected chi connectivity index (χ0v) is 8.91. The van der Waals surface area contributed by atoms with Gasteiger partial charge in [-0.15, -0.1) is 0 Å². The molecular weight excluding hydrogens is 188 g/mol. The van der Waals surface area contributed by atoms with Gasteiger partial charge in [0.15, 0.2) is 0 Å². The maximum atomic E-state index is 4.52. The lowest BCUT2D eigenvalue weighted by atomic mass is 10.2. The zero-order valence-electron chi connectivity index (χ0n) is 8.91. The first kappa shape index (κ1) is 9.86. The van der Waals surface area contributed by atoms with Crippen molar-refractivity contribution in [3.05, 3.63) is 36.0 Å². The number of pyridine rings is 1. The fourth-order valence-electron chi connectivity index (χ4n) is 1.56.